The molecule has 0 saturated carbocycles. The molecule has 2 amide bonds. The SMILES string of the molecule is O=C(N[C@@H]1C[C@@H](C(=O)O)N(C(=O)Cl)C1)c1ccccc1. The van der Waals surface area contributed by atoms with Crippen LogP contribution in [0.1, 0.15) is 16.8 Å². The summed E-state index contributed by atoms with van der Waals surface area (Å²) >= 11 is 5.35. The van der Waals surface area contributed by atoms with Crippen LogP contribution in [0.5, 0.6) is 0 Å². The van der Waals surface area contributed by atoms with E-state index in [4.69, 9.17) is 16.7 Å². The van der Waals surface area contributed by atoms with Gasteiger partial charge in [-0.1, -0.05) is 18.2 Å². The molecule has 2 atom stereocenters. The van der Waals surface area contributed by atoms with Gasteiger partial charge in [0.1, 0.15) is 6.04 Å². The summed E-state index contributed by atoms with van der Waals surface area (Å²) in [5.74, 6) is -1.43. The average Bonchev–Trinajstić information content (AvgIpc) is 2.84. The zero-order valence-electron chi connectivity index (χ0n) is 10.5. The number of nitrogens with zero attached hydrogens (tertiary/aromatic N) is 1. The molecule has 106 valence electrons. The molecular formula is C13H13ClN2O4. The quantitative estimate of drug-likeness (QED) is 0.650. The Morgan fingerprint density at radius 2 is 1.90 bits per heavy atom. The highest BCUT2D eigenvalue weighted by Gasteiger charge is 2.39. The van der Waals surface area contributed by atoms with Gasteiger partial charge in [-0.25, -0.2) is 4.79 Å². The normalized spacial score (nSPS) is 21.6. The Kier molecular flexibility index (Phi) is 4.24. The van der Waals surface area contributed by atoms with Crippen LogP contribution in [0, 0.1) is 0 Å². The van der Waals surface area contributed by atoms with Crippen molar-refractivity contribution in [3.63, 3.8) is 0 Å². The smallest absolute Gasteiger partial charge is 0.326 e. The maximum absolute atomic E-state index is 12.0. The number of nitrogens with one attached hydrogen (secondary N) is 1. The number of carbonyl (C=O) groups is 3. The predicted octanol–water partition coefficient (Wildman–Crippen LogP) is 1.30. The average molecular weight is 297 g/mol. The Labute approximate surface area is 120 Å². The van der Waals surface area contributed by atoms with Crippen molar-refractivity contribution < 1.29 is 19.5 Å². The molecule has 0 aromatic heterocycles. The van der Waals surface area contributed by atoms with Crippen LogP contribution in [0.3, 0.4) is 0 Å². The van der Waals surface area contributed by atoms with Crippen LogP contribution in [0.2, 0.25) is 0 Å². The van der Waals surface area contributed by atoms with Crippen molar-refractivity contribution in [2.45, 2.75) is 18.5 Å². The Balaban J connectivity index is 2.03. The van der Waals surface area contributed by atoms with Crippen molar-refractivity contribution >= 4 is 28.8 Å². The number of rotatable bonds is 3. The van der Waals surface area contributed by atoms with Gasteiger partial charge in [0.05, 0.1) is 0 Å². The molecule has 2 N–H and O–H groups in total. The lowest BCUT2D eigenvalue weighted by atomic mass is 10.1. The highest BCUT2D eigenvalue weighted by atomic mass is 35.5. The standard InChI is InChI=1S/C13H13ClN2O4/c14-13(20)16-7-9(6-10(16)12(18)19)15-11(17)8-4-2-1-3-5-8/h1-5,9-10H,6-7H2,(H,15,17)(H,18,19)/t9-,10+/m1/s1. The van der Waals surface area contributed by atoms with E-state index in [0.29, 0.717) is 5.56 Å². The fourth-order valence-corrected chi connectivity index (χ4v) is 2.41. The van der Waals surface area contributed by atoms with E-state index in [0.717, 1.165) is 4.90 Å². The molecule has 1 aliphatic rings. The zero-order valence-corrected chi connectivity index (χ0v) is 11.2. The maximum Gasteiger partial charge on any atom is 0.326 e. The second-order valence-electron chi connectivity index (χ2n) is 4.53. The first kappa shape index (κ1) is 14.3. The molecule has 0 radical (unpaired) electrons. The van der Waals surface area contributed by atoms with E-state index < -0.39 is 23.4 Å². The van der Waals surface area contributed by atoms with E-state index in [9.17, 15) is 14.4 Å². The molecule has 0 aliphatic carbocycles. The fraction of sp³-hybridized carbons (Fsp3) is 0.308. The third-order valence-corrected chi connectivity index (χ3v) is 3.40. The molecule has 0 bridgehead atoms. The van der Waals surface area contributed by atoms with E-state index in [-0.39, 0.29) is 18.9 Å². The minimum atomic E-state index is -1.13. The molecule has 0 unspecified atom stereocenters. The Bertz CT molecular complexity index is 512. The van der Waals surface area contributed by atoms with E-state index in [1.54, 1.807) is 30.3 Å². The van der Waals surface area contributed by atoms with Crippen LogP contribution in [-0.2, 0) is 4.79 Å². The van der Waals surface area contributed by atoms with E-state index >= 15 is 0 Å². The molecule has 1 aliphatic heterocycles. The summed E-state index contributed by atoms with van der Waals surface area (Å²) in [6.45, 7) is 0.0951. The van der Waals surface area contributed by atoms with Crippen molar-refractivity contribution in [3.05, 3.63) is 35.9 Å². The van der Waals surface area contributed by atoms with Crippen LogP contribution >= 0.6 is 11.6 Å². The molecule has 2 rings (SSSR count). The molecular weight excluding hydrogens is 284 g/mol. The molecule has 20 heavy (non-hydrogen) atoms. The first-order valence-corrected chi connectivity index (χ1v) is 6.41. The maximum atomic E-state index is 12.0. The third-order valence-electron chi connectivity index (χ3n) is 3.18. The number of aliphatic carboxylic acids is 1. The lowest BCUT2D eigenvalue weighted by Crippen LogP contribution is -2.39. The number of hydrogen-bond acceptors (Lipinski definition) is 3. The predicted molar refractivity (Wildman–Crippen MR) is 71.7 cm³/mol. The molecule has 6 nitrogen and oxygen atoms in total. The summed E-state index contributed by atoms with van der Waals surface area (Å²) < 4.78 is 0. The van der Waals surface area contributed by atoms with Crippen LogP contribution in [0.15, 0.2) is 30.3 Å². The summed E-state index contributed by atoms with van der Waals surface area (Å²) in [6.07, 6.45) is 0.145. The molecule has 1 saturated heterocycles. The van der Waals surface area contributed by atoms with Gasteiger partial charge < -0.3 is 15.3 Å². The van der Waals surface area contributed by atoms with E-state index in [2.05, 4.69) is 5.32 Å². The second kappa shape index (κ2) is 5.92. The molecule has 1 aromatic rings. The molecule has 1 aromatic carbocycles. The molecule has 1 fully saturated rings. The molecule has 7 heteroatoms. The lowest BCUT2D eigenvalue weighted by molar-refractivity contribution is -0.141. The van der Waals surface area contributed by atoms with Crippen molar-refractivity contribution in [1.29, 1.82) is 0 Å². The van der Waals surface area contributed by atoms with Crippen molar-refractivity contribution in [2.75, 3.05) is 6.54 Å². The first-order valence-electron chi connectivity index (χ1n) is 6.04. The van der Waals surface area contributed by atoms with Crippen LogP contribution in [0.4, 0.5) is 4.79 Å². The van der Waals surface area contributed by atoms with Gasteiger partial charge in [0.15, 0.2) is 0 Å². The van der Waals surface area contributed by atoms with E-state index in [1.165, 1.54) is 0 Å². The topological polar surface area (TPSA) is 86.7 Å². The highest BCUT2D eigenvalue weighted by Crippen LogP contribution is 2.20. The Hall–Kier alpha value is -2.08. The third kappa shape index (κ3) is 3.08. The zero-order chi connectivity index (χ0) is 14.7. The summed E-state index contributed by atoms with van der Waals surface area (Å²) in [7, 11) is 0. The highest BCUT2D eigenvalue weighted by molar-refractivity contribution is 6.63. The van der Waals surface area contributed by atoms with Gasteiger partial charge in [0.25, 0.3) is 5.91 Å². The van der Waals surface area contributed by atoms with Gasteiger partial charge in [-0.2, -0.15) is 0 Å². The fourth-order valence-electron chi connectivity index (χ4n) is 2.23. The van der Waals surface area contributed by atoms with Crippen LogP contribution in [-0.4, -0.2) is 45.9 Å². The number of carboxylic acid groups (broad SMARTS) is 1. The van der Waals surface area contributed by atoms with Crippen molar-refractivity contribution in [3.8, 4) is 0 Å². The largest absolute Gasteiger partial charge is 0.480 e. The van der Waals surface area contributed by atoms with Gasteiger partial charge in [-0.05, 0) is 23.7 Å². The number of likely N-dealkylation sites (tertiary alicyclic amines) is 1. The van der Waals surface area contributed by atoms with Gasteiger partial charge in [0, 0.05) is 24.6 Å². The van der Waals surface area contributed by atoms with Crippen molar-refractivity contribution in [1.82, 2.24) is 10.2 Å². The summed E-state index contributed by atoms with van der Waals surface area (Å²) in [5, 5.41) is 10.9. The van der Waals surface area contributed by atoms with Crippen LogP contribution < -0.4 is 5.32 Å². The Morgan fingerprint density at radius 1 is 1.25 bits per heavy atom. The minimum absolute atomic E-state index is 0.0951. The van der Waals surface area contributed by atoms with E-state index in [1.807, 2.05) is 0 Å². The first-order chi connectivity index (χ1) is 9.49. The van der Waals surface area contributed by atoms with Crippen LogP contribution in [0.25, 0.3) is 0 Å². The Morgan fingerprint density at radius 3 is 2.40 bits per heavy atom. The van der Waals surface area contributed by atoms with Gasteiger partial charge in [0.2, 0.25) is 0 Å². The summed E-state index contributed by atoms with van der Waals surface area (Å²) in [4.78, 5) is 35.2. The molecule has 0 spiro atoms. The van der Waals surface area contributed by atoms with Gasteiger partial charge in [-0.15, -0.1) is 0 Å². The number of carboxylic acids is 1. The monoisotopic (exact) mass is 296 g/mol. The summed E-state index contributed by atoms with van der Waals surface area (Å²) in [6, 6.07) is 7.15. The van der Waals surface area contributed by atoms with Gasteiger partial charge in [-0.3, -0.25) is 9.59 Å². The number of amides is 2. The molecule has 1 heterocycles. The van der Waals surface area contributed by atoms with Gasteiger partial charge >= 0.3 is 11.3 Å². The second-order valence-corrected chi connectivity index (χ2v) is 4.85. The number of halogens is 1. The number of benzene rings is 1. The summed E-state index contributed by atoms with van der Waals surface area (Å²) in [5.41, 5.74) is 0.482. The number of carbonyl (C=O) groups excluding carboxylic acids is 2. The lowest BCUT2D eigenvalue weighted by Gasteiger charge is -2.17. The number of hydrogen-bond donors (Lipinski definition) is 2. The van der Waals surface area contributed by atoms with Crippen molar-refractivity contribution in [2.24, 2.45) is 0 Å². The minimum Gasteiger partial charge on any atom is -0.480 e.